The van der Waals surface area contributed by atoms with Crippen molar-refractivity contribution in [3.63, 3.8) is 0 Å². The van der Waals surface area contributed by atoms with Gasteiger partial charge in [0.15, 0.2) is 28.7 Å². The fourth-order valence-electron chi connectivity index (χ4n) is 8.50. The summed E-state index contributed by atoms with van der Waals surface area (Å²) in [7, 11) is 0. The van der Waals surface area contributed by atoms with Gasteiger partial charge < -0.3 is 10.2 Å². The number of phenolic OH excluding ortho intramolecular Hbond substituents is 1. The molecule has 3 aliphatic carbocycles. The summed E-state index contributed by atoms with van der Waals surface area (Å²) in [4.78, 5) is 69.0. The van der Waals surface area contributed by atoms with Crippen LogP contribution in [0.4, 0.5) is 0 Å². The number of benzene rings is 2. The normalized spacial score (nSPS) is 31.7. The number of ketones is 5. The van der Waals surface area contributed by atoms with Crippen LogP contribution in [0, 0.1) is 46.3 Å². The van der Waals surface area contributed by atoms with Crippen molar-refractivity contribution in [1.82, 2.24) is 0 Å². The highest BCUT2D eigenvalue weighted by Crippen LogP contribution is 2.64. The fourth-order valence-corrected chi connectivity index (χ4v) is 8.50. The molecule has 0 aliphatic heterocycles. The molecule has 6 atom stereocenters. The van der Waals surface area contributed by atoms with Crippen molar-refractivity contribution in [3.05, 3.63) is 64.2 Å². The maximum atomic E-state index is 14.5. The van der Waals surface area contributed by atoms with E-state index in [1.165, 1.54) is 0 Å². The highest BCUT2D eigenvalue weighted by molar-refractivity contribution is 6.32. The van der Waals surface area contributed by atoms with Crippen LogP contribution in [-0.4, -0.2) is 44.7 Å². The fraction of sp³-hybridized carbons (Fsp3) is 0.472. The van der Waals surface area contributed by atoms with Gasteiger partial charge in [-0.2, -0.15) is 0 Å². The van der Waals surface area contributed by atoms with Crippen LogP contribution in [0.3, 0.4) is 0 Å². The molecular formula is C36H38O7. The molecule has 3 unspecified atom stereocenters. The standard InChI is InChI=1S/C36H38O7/c1-18(2)23-15-22(14-13-21-11-9-8-10-12-21)29(38)26-24(23)16-34(6)17-35(7)27(19(3)4)30(39)25(20(5)37)32(41)36(35,43)33(42)28(34)31(26)40/h8-12,15,18-19,25,27-28,38,43H,16-17H2,1-7H3/t25?,27?,28?,34-,35-,36+/m1/s1. The molecule has 5 rings (SSSR count). The molecule has 3 aliphatic rings. The largest absolute Gasteiger partial charge is 0.506 e. The average Bonchev–Trinajstić information content (AvgIpc) is 2.90. The number of Topliss-reactive ketones (excluding diaryl/α,β-unsaturated/α-hetero) is 5. The van der Waals surface area contributed by atoms with Crippen LogP contribution < -0.4 is 0 Å². The minimum Gasteiger partial charge on any atom is -0.506 e. The Morgan fingerprint density at radius 1 is 0.977 bits per heavy atom. The van der Waals surface area contributed by atoms with E-state index >= 15 is 0 Å². The summed E-state index contributed by atoms with van der Waals surface area (Å²) < 4.78 is 0. The Morgan fingerprint density at radius 2 is 1.60 bits per heavy atom. The molecule has 0 heterocycles. The lowest BCUT2D eigenvalue weighted by Gasteiger charge is -2.62. The van der Waals surface area contributed by atoms with Gasteiger partial charge in [-0.1, -0.05) is 71.6 Å². The van der Waals surface area contributed by atoms with E-state index in [1.54, 1.807) is 33.8 Å². The Morgan fingerprint density at radius 3 is 2.16 bits per heavy atom. The molecule has 0 bridgehead atoms. The van der Waals surface area contributed by atoms with E-state index in [1.807, 2.05) is 44.2 Å². The lowest BCUT2D eigenvalue weighted by atomic mass is 9.39. The maximum Gasteiger partial charge on any atom is 0.190 e. The summed E-state index contributed by atoms with van der Waals surface area (Å²) in [5, 5.41) is 23.7. The number of hydrogen-bond donors (Lipinski definition) is 2. The molecule has 224 valence electrons. The first-order valence-corrected chi connectivity index (χ1v) is 14.9. The number of phenols is 1. The van der Waals surface area contributed by atoms with E-state index in [0.717, 1.165) is 18.1 Å². The molecule has 7 heteroatoms. The van der Waals surface area contributed by atoms with E-state index in [0.29, 0.717) is 5.56 Å². The predicted octanol–water partition coefficient (Wildman–Crippen LogP) is 4.62. The first-order valence-electron chi connectivity index (χ1n) is 14.9. The smallest absolute Gasteiger partial charge is 0.190 e. The molecule has 0 spiro atoms. The van der Waals surface area contributed by atoms with Crippen LogP contribution in [0.5, 0.6) is 5.75 Å². The number of rotatable bonds is 3. The van der Waals surface area contributed by atoms with Gasteiger partial charge in [-0.15, -0.1) is 0 Å². The first-order chi connectivity index (χ1) is 20.0. The molecule has 43 heavy (non-hydrogen) atoms. The van der Waals surface area contributed by atoms with Gasteiger partial charge in [0, 0.05) is 16.9 Å². The number of aliphatic hydroxyl groups is 1. The SMILES string of the molecule is CC(=O)C1C(=O)C(C(C)C)[C@@]2(C)C[C@@]3(C)Cc4c(C(C)C)cc(C#Cc5ccccc5)c(O)c4C(=O)C3C(=O)[C@@]2(O)C1=O. The van der Waals surface area contributed by atoms with Gasteiger partial charge in [-0.3, -0.25) is 24.0 Å². The second-order valence-electron chi connectivity index (χ2n) is 13.8. The van der Waals surface area contributed by atoms with Crippen LogP contribution in [0.1, 0.15) is 93.4 Å². The van der Waals surface area contributed by atoms with Gasteiger partial charge in [0.1, 0.15) is 17.5 Å². The van der Waals surface area contributed by atoms with Crippen LogP contribution in [0.15, 0.2) is 36.4 Å². The van der Waals surface area contributed by atoms with Crippen molar-refractivity contribution in [2.45, 2.75) is 72.8 Å². The molecule has 0 radical (unpaired) electrons. The third kappa shape index (κ3) is 4.17. The number of aromatic hydroxyl groups is 1. The molecule has 2 aromatic carbocycles. The third-order valence-electron chi connectivity index (χ3n) is 10.2. The molecule has 2 fully saturated rings. The first kappa shape index (κ1) is 30.6. The second kappa shape index (κ2) is 10.1. The van der Waals surface area contributed by atoms with Gasteiger partial charge in [-0.25, -0.2) is 0 Å². The van der Waals surface area contributed by atoms with Crippen molar-refractivity contribution in [2.24, 2.45) is 34.5 Å². The van der Waals surface area contributed by atoms with E-state index < -0.39 is 63.1 Å². The molecule has 0 aromatic heterocycles. The van der Waals surface area contributed by atoms with Crippen LogP contribution in [0.25, 0.3) is 0 Å². The van der Waals surface area contributed by atoms with Crippen molar-refractivity contribution in [3.8, 4) is 17.6 Å². The topological polar surface area (TPSA) is 126 Å². The van der Waals surface area contributed by atoms with Gasteiger partial charge in [0.25, 0.3) is 0 Å². The molecule has 7 nitrogen and oxygen atoms in total. The van der Waals surface area contributed by atoms with Crippen molar-refractivity contribution >= 4 is 28.9 Å². The van der Waals surface area contributed by atoms with Gasteiger partial charge in [-0.05, 0) is 66.3 Å². The summed E-state index contributed by atoms with van der Waals surface area (Å²) in [5.41, 5.74) is -2.96. The van der Waals surface area contributed by atoms with E-state index in [4.69, 9.17) is 0 Å². The summed E-state index contributed by atoms with van der Waals surface area (Å²) in [6, 6.07) is 11.0. The Bertz CT molecular complexity index is 1660. The third-order valence-corrected chi connectivity index (χ3v) is 10.2. The van der Waals surface area contributed by atoms with Crippen LogP contribution in [0.2, 0.25) is 0 Å². The summed E-state index contributed by atoms with van der Waals surface area (Å²) in [5.74, 6) is -3.13. The summed E-state index contributed by atoms with van der Waals surface area (Å²) in [6.45, 7) is 12.0. The van der Waals surface area contributed by atoms with Crippen LogP contribution >= 0.6 is 0 Å². The van der Waals surface area contributed by atoms with Gasteiger partial charge >= 0.3 is 0 Å². The van der Waals surface area contributed by atoms with E-state index in [-0.39, 0.29) is 41.6 Å². The molecule has 0 amide bonds. The lowest BCUT2D eigenvalue weighted by molar-refractivity contribution is -0.205. The lowest BCUT2D eigenvalue weighted by Crippen LogP contribution is -2.76. The molecule has 2 aromatic rings. The highest BCUT2D eigenvalue weighted by atomic mass is 16.3. The summed E-state index contributed by atoms with van der Waals surface area (Å²) in [6.07, 6.45) is 0.240. The number of hydrogen-bond acceptors (Lipinski definition) is 7. The van der Waals surface area contributed by atoms with Gasteiger partial charge in [0.05, 0.1) is 17.0 Å². The molecule has 2 N–H and O–H groups in total. The van der Waals surface area contributed by atoms with Gasteiger partial charge in [0.2, 0.25) is 0 Å². The zero-order valence-electron chi connectivity index (χ0n) is 25.7. The minimum atomic E-state index is -2.72. The zero-order chi connectivity index (χ0) is 31.8. The Hall–Kier alpha value is -3.89. The molecular weight excluding hydrogens is 544 g/mol. The van der Waals surface area contributed by atoms with Crippen molar-refractivity contribution < 1.29 is 34.2 Å². The quantitative estimate of drug-likeness (QED) is 0.400. The summed E-state index contributed by atoms with van der Waals surface area (Å²) >= 11 is 0. The van der Waals surface area contributed by atoms with Crippen molar-refractivity contribution in [1.29, 1.82) is 0 Å². The number of carbonyl (C=O) groups excluding carboxylic acids is 5. The predicted molar refractivity (Wildman–Crippen MR) is 159 cm³/mol. The number of fused-ring (bicyclic) bond motifs is 3. The minimum absolute atomic E-state index is 0.0190. The Balaban J connectivity index is 1.73. The van der Waals surface area contributed by atoms with E-state index in [2.05, 4.69) is 11.8 Å². The monoisotopic (exact) mass is 582 g/mol. The Kier molecular flexibility index (Phi) is 7.17. The Labute approximate surface area is 252 Å². The van der Waals surface area contributed by atoms with E-state index in [9.17, 15) is 34.2 Å². The highest BCUT2D eigenvalue weighted by Gasteiger charge is 2.76. The van der Waals surface area contributed by atoms with Crippen LogP contribution in [-0.2, 0) is 25.6 Å². The second-order valence-corrected chi connectivity index (χ2v) is 13.8. The average molecular weight is 583 g/mol. The zero-order valence-corrected chi connectivity index (χ0v) is 25.7. The van der Waals surface area contributed by atoms with Crippen molar-refractivity contribution in [2.75, 3.05) is 0 Å². The molecule has 0 saturated heterocycles. The maximum absolute atomic E-state index is 14.5. The molecule has 2 saturated carbocycles. The number of carbonyl (C=O) groups is 5.